The average molecular weight is 353 g/mol. The lowest BCUT2D eigenvalue weighted by Crippen LogP contribution is -2.30. The normalized spacial score (nSPS) is 10.4. The zero-order valence-electron chi connectivity index (χ0n) is 13.2. The monoisotopic (exact) mass is 352 g/mol. The molecule has 0 fully saturated rings. The second-order valence-electron chi connectivity index (χ2n) is 4.56. The Bertz CT molecular complexity index is 272. The van der Waals surface area contributed by atoms with E-state index in [2.05, 4.69) is 37.5 Å². The number of unbranched alkanes of at least 4 members (excludes halogenated alkanes) is 2. The van der Waals surface area contributed by atoms with Crippen LogP contribution in [0.5, 0.6) is 0 Å². The van der Waals surface area contributed by atoms with Crippen LogP contribution in [0.4, 0.5) is 0 Å². The highest BCUT2D eigenvalue weighted by molar-refractivity contribution is 8.89. The van der Waals surface area contributed by atoms with Gasteiger partial charge >= 0.3 is 0 Å². The summed E-state index contributed by atoms with van der Waals surface area (Å²) >= 11 is 11.0. The molecule has 0 spiro atoms. The Morgan fingerprint density at radius 3 is 1.50 bits per heavy atom. The molecule has 0 atom stereocenters. The molecular weight excluding hydrogens is 324 g/mol. The molecule has 2 nitrogen and oxygen atoms in total. The van der Waals surface area contributed by atoms with Crippen LogP contribution < -0.4 is 0 Å². The third-order valence-electron chi connectivity index (χ3n) is 3.03. The van der Waals surface area contributed by atoms with Gasteiger partial charge in [-0.25, -0.2) is 0 Å². The molecule has 0 saturated heterocycles. The van der Waals surface area contributed by atoms with Crippen molar-refractivity contribution in [2.24, 2.45) is 0 Å². The number of hydrogen-bond acceptors (Lipinski definition) is 4. The summed E-state index contributed by atoms with van der Waals surface area (Å²) in [7, 11) is 3.27. The number of thiocarbonyl (C=S) groups is 2. The Morgan fingerprint density at radius 1 is 0.750 bits per heavy atom. The van der Waals surface area contributed by atoms with Crippen molar-refractivity contribution in [2.75, 3.05) is 26.2 Å². The van der Waals surface area contributed by atoms with E-state index in [0.29, 0.717) is 0 Å². The van der Waals surface area contributed by atoms with Crippen LogP contribution in [0.3, 0.4) is 0 Å². The molecule has 0 unspecified atom stereocenters. The lowest BCUT2D eigenvalue weighted by atomic mass is 10.3. The molecule has 20 heavy (non-hydrogen) atoms. The molecule has 0 aliphatic rings. The fraction of sp³-hybridized carbons (Fsp3) is 0.857. The molecule has 0 amide bonds. The van der Waals surface area contributed by atoms with Crippen LogP contribution in [0.2, 0.25) is 0 Å². The van der Waals surface area contributed by atoms with E-state index in [0.717, 1.165) is 34.8 Å². The molecule has 0 saturated carbocycles. The molecule has 0 heterocycles. The Balaban J connectivity index is 4.26. The molecule has 0 N–H and O–H groups in total. The number of rotatable bonds is 8. The average Bonchev–Trinajstić information content (AvgIpc) is 2.46. The maximum Gasteiger partial charge on any atom is 0.147 e. The SMILES string of the molecule is CCCCN(CCCC)C(=S)SSC(=S)N(CC)CC. The second kappa shape index (κ2) is 13.2. The van der Waals surface area contributed by atoms with E-state index in [1.807, 2.05) is 0 Å². The van der Waals surface area contributed by atoms with Crippen molar-refractivity contribution < 1.29 is 0 Å². The maximum absolute atomic E-state index is 5.57. The third kappa shape index (κ3) is 8.70. The minimum atomic E-state index is 0.938. The zero-order valence-corrected chi connectivity index (χ0v) is 16.5. The zero-order chi connectivity index (χ0) is 15.4. The summed E-state index contributed by atoms with van der Waals surface area (Å²) < 4.78 is 1.92. The van der Waals surface area contributed by atoms with Crippen molar-refractivity contribution in [3.05, 3.63) is 0 Å². The van der Waals surface area contributed by atoms with Crippen LogP contribution in [0, 0.1) is 0 Å². The Labute approximate surface area is 143 Å². The van der Waals surface area contributed by atoms with Crippen molar-refractivity contribution in [3.63, 3.8) is 0 Å². The fourth-order valence-electron chi connectivity index (χ4n) is 1.65. The van der Waals surface area contributed by atoms with Gasteiger partial charge in [-0.05, 0) is 48.3 Å². The topological polar surface area (TPSA) is 6.48 Å². The van der Waals surface area contributed by atoms with Gasteiger partial charge < -0.3 is 9.80 Å². The molecule has 0 aromatic rings. The van der Waals surface area contributed by atoms with Crippen LogP contribution in [0.25, 0.3) is 0 Å². The largest absolute Gasteiger partial charge is 0.357 e. The van der Waals surface area contributed by atoms with Gasteiger partial charge in [0, 0.05) is 26.2 Å². The standard InChI is InChI=1S/C14H28N2S4/c1-5-9-11-16(12-10-6-2)14(18)20-19-13(17)15(7-3)8-4/h5-12H2,1-4H3. The summed E-state index contributed by atoms with van der Waals surface area (Å²) in [6, 6.07) is 0. The van der Waals surface area contributed by atoms with Crippen molar-refractivity contribution >= 4 is 54.7 Å². The predicted molar refractivity (Wildman–Crippen MR) is 105 cm³/mol. The first-order chi connectivity index (χ1) is 9.60. The van der Waals surface area contributed by atoms with E-state index >= 15 is 0 Å². The molecule has 118 valence electrons. The first kappa shape index (κ1) is 20.5. The lowest BCUT2D eigenvalue weighted by molar-refractivity contribution is 0.411. The van der Waals surface area contributed by atoms with Crippen LogP contribution in [-0.2, 0) is 0 Å². The van der Waals surface area contributed by atoms with Crippen molar-refractivity contribution in [1.82, 2.24) is 9.80 Å². The van der Waals surface area contributed by atoms with Gasteiger partial charge in [-0.3, -0.25) is 0 Å². The fourth-order valence-corrected chi connectivity index (χ4v) is 4.56. The Kier molecular flexibility index (Phi) is 13.5. The highest BCUT2D eigenvalue weighted by Crippen LogP contribution is 2.28. The van der Waals surface area contributed by atoms with E-state index < -0.39 is 0 Å². The van der Waals surface area contributed by atoms with E-state index in [4.69, 9.17) is 24.4 Å². The van der Waals surface area contributed by atoms with Gasteiger partial charge in [-0.15, -0.1) is 0 Å². The quantitative estimate of drug-likeness (QED) is 0.435. The van der Waals surface area contributed by atoms with E-state index in [1.54, 1.807) is 21.6 Å². The third-order valence-corrected chi connectivity index (χ3v) is 6.76. The van der Waals surface area contributed by atoms with Crippen molar-refractivity contribution in [1.29, 1.82) is 0 Å². The molecular formula is C14H28N2S4. The van der Waals surface area contributed by atoms with Gasteiger partial charge in [0.05, 0.1) is 0 Å². The molecule has 0 aromatic carbocycles. The van der Waals surface area contributed by atoms with Gasteiger partial charge in [0.25, 0.3) is 0 Å². The summed E-state index contributed by atoms with van der Waals surface area (Å²) in [5.41, 5.74) is 0. The van der Waals surface area contributed by atoms with Gasteiger partial charge in [0.15, 0.2) is 0 Å². The molecule has 0 radical (unpaired) electrons. The molecule has 6 heteroatoms. The smallest absolute Gasteiger partial charge is 0.147 e. The minimum absolute atomic E-state index is 0.938. The minimum Gasteiger partial charge on any atom is -0.357 e. The molecule has 0 rings (SSSR count). The van der Waals surface area contributed by atoms with Gasteiger partial charge in [-0.2, -0.15) is 0 Å². The highest BCUT2D eigenvalue weighted by Gasteiger charge is 2.13. The van der Waals surface area contributed by atoms with E-state index in [1.165, 1.54) is 25.7 Å². The molecule has 0 aliphatic carbocycles. The predicted octanol–water partition coefficient (Wildman–Crippen LogP) is 5.18. The Morgan fingerprint density at radius 2 is 1.15 bits per heavy atom. The summed E-state index contributed by atoms with van der Waals surface area (Å²) in [6.45, 7) is 12.8. The first-order valence-corrected chi connectivity index (χ1v) is 10.5. The van der Waals surface area contributed by atoms with E-state index in [-0.39, 0.29) is 0 Å². The van der Waals surface area contributed by atoms with Gasteiger partial charge in [-0.1, -0.05) is 51.1 Å². The van der Waals surface area contributed by atoms with Gasteiger partial charge in [0.1, 0.15) is 8.64 Å². The van der Waals surface area contributed by atoms with Crippen molar-refractivity contribution in [2.45, 2.75) is 53.4 Å². The first-order valence-electron chi connectivity index (χ1n) is 7.52. The van der Waals surface area contributed by atoms with Crippen molar-refractivity contribution in [3.8, 4) is 0 Å². The molecule has 0 aromatic heterocycles. The summed E-state index contributed by atoms with van der Waals surface area (Å²) in [4.78, 5) is 4.53. The lowest BCUT2D eigenvalue weighted by Gasteiger charge is -2.25. The number of hydrogen-bond donors (Lipinski definition) is 0. The van der Waals surface area contributed by atoms with Gasteiger partial charge in [0.2, 0.25) is 0 Å². The van der Waals surface area contributed by atoms with Crippen LogP contribution in [0.1, 0.15) is 53.4 Å². The summed E-state index contributed by atoms with van der Waals surface area (Å²) in [5.74, 6) is 0. The van der Waals surface area contributed by atoms with Crippen LogP contribution in [-0.4, -0.2) is 44.6 Å². The highest BCUT2D eigenvalue weighted by atomic mass is 33.1. The number of nitrogens with zero attached hydrogens (tertiary/aromatic N) is 2. The molecule has 0 aliphatic heterocycles. The summed E-state index contributed by atoms with van der Waals surface area (Å²) in [6.07, 6.45) is 4.83. The second-order valence-corrected chi connectivity index (χ2v) is 7.96. The summed E-state index contributed by atoms with van der Waals surface area (Å²) in [5, 5.41) is 0. The maximum atomic E-state index is 5.57. The molecule has 0 bridgehead atoms. The Hall–Kier alpha value is 0.480. The van der Waals surface area contributed by atoms with Crippen LogP contribution in [0.15, 0.2) is 0 Å². The van der Waals surface area contributed by atoms with E-state index in [9.17, 15) is 0 Å². The van der Waals surface area contributed by atoms with Crippen LogP contribution >= 0.6 is 46.0 Å².